The molecule has 0 aliphatic heterocycles. The molecule has 15 heavy (non-hydrogen) atoms. The van der Waals surface area contributed by atoms with Crippen molar-refractivity contribution in [2.24, 2.45) is 5.41 Å². The van der Waals surface area contributed by atoms with Crippen LogP contribution in [0.5, 0.6) is 0 Å². The Hall–Kier alpha value is -0.240. The average Bonchev–Trinajstić information content (AvgIpc) is 2.08. The Morgan fingerprint density at radius 3 is 2.13 bits per heavy atom. The number of hydrogen-bond acceptors (Lipinski definition) is 1. The highest BCUT2D eigenvalue weighted by atomic mass is 35.5. The normalized spacial score (nSPS) is 11.6. The highest BCUT2D eigenvalue weighted by molar-refractivity contribution is 6.45. The highest BCUT2D eigenvalue weighted by Crippen LogP contribution is 2.33. The second kappa shape index (κ2) is 4.32. The number of Topliss-reactive ketones (excluding diaryl/α,β-unsaturated/α-hetero) is 1. The lowest BCUT2D eigenvalue weighted by Crippen LogP contribution is -2.20. The summed E-state index contributed by atoms with van der Waals surface area (Å²) in [7, 11) is 0. The summed E-state index contributed by atoms with van der Waals surface area (Å²) in [5, 5.41) is 0.981. The molecule has 0 spiro atoms. The monoisotopic (exact) mass is 264 g/mol. The van der Waals surface area contributed by atoms with Crippen LogP contribution in [0, 0.1) is 5.41 Å². The lowest BCUT2D eigenvalue weighted by atomic mass is 9.86. The summed E-state index contributed by atoms with van der Waals surface area (Å²) < 4.78 is 0. The van der Waals surface area contributed by atoms with Gasteiger partial charge in [0, 0.05) is 16.0 Å². The molecule has 0 saturated heterocycles. The molecule has 1 aromatic carbocycles. The van der Waals surface area contributed by atoms with Gasteiger partial charge < -0.3 is 0 Å². The van der Waals surface area contributed by atoms with Crippen molar-refractivity contribution in [3.63, 3.8) is 0 Å². The summed E-state index contributed by atoms with van der Waals surface area (Å²) in [5.74, 6) is -0.0723. The van der Waals surface area contributed by atoms with E-state index in [9.17, 15) is 4.79 Å². The molecule has 1 aromatic rings. The van der Waals surface area contributed by atoms with Gasteiger partial charge in [0.25, 0.3) is 0 Å². The van der Waals surface area contributed by atoms with Crippen LogP contribution in [0.1, 0.15) is 31.1 Å². The van der Waals surface area contributed by atoms with Crippen LogP contribution < -0.4 is 0 Å². The van der Waals surface area contributed by atoms with Crippen LogP contribution in [0.25, 0.3) is 0 Å². The Labute approximate surface area is 104 Å². The summed E-state index contributed by atoms with van der Waals surface area (Å²) in [4.78, 5) is 12.0. The van der Waals surface area contributed by atoms with Gasteiger partial charge in [0.1, 0.15) is 0 Å². The molecule has 0 aliphatic carbocycles. The van der Waals surface area contributed by atoms with E-state index in [4.69, 9.17) is 34.8 Å². The topological polar surface area (TPSA) is 17.1 Å². The Morgan fingerprint density at radius 2 is 1.67 bits per heavy atom. The van der Waals surface area contributed by atoms with Crippen molar-refractivity contribution in [3.05, 3.63) is 32.8 Å². The first kappa shape index (κ1) is 12.8. The van der Waals surface area contributed by atoms with Gasteiger partial charge in [-0.1, -0.05) is 55.6 Å². The van der Waals surface area contributed by atoms with Crippen LogP contribution in [-0.2, 0) is 0 Å². The molecule has 0 bridgehead atoms. The minimum atomic E-state index is -0.502. The van der Waals surface area contributed by atoms with Gasteiger partial charge in [-0.2, -0.15) is 0 Å². The van der Waals surface area contributed by atoms with E-state index in [1.165, 1.54) is 6.07 Å². The lowest BCUT2D eigenvalue weighted by Gasteiger charge is -2.18. The molecule has 4 heteroatoms. The maximum absolute atomic E-state index is 12.0. The van der Waals surface area contributed by atoms with Crippen LogP contribution in [0.15, 0.2) is 12.1 Å². The third-order valence-electron chi connectivity index (χ3n) is 1.92. The van der Waals surface area contributed by atoms with Gasteiger partial charge in [-0.3, -0.25) is 4.79 Å². The van der Waals surface area contributed by atoms with Crippen molar-refractivity contribution in [1.82, 2.24) is 0 Å². The fraction of sp³-hybridized carbons (Fsp3) is 0.364. The van der Waals surface area contributed by atoms with Crippen molar-refractivity contribution in [3.8, 4) is 0 Å². The number of benzene rings is 1. The Bertz CT molecular complexity index is 405. The first-order valence-corrected chi connectivity index (χ1v) is 5.56. The van der Waals surface area contributed by atoms with E-state index in [2.05, 4.69) is 0 Å². The minimum Gasteiger partial charge on any atom is -0.294 e. The predicted molar refractivity (Wildman–Crippen MR) is 65.3 cm³/mol. The van der Waals surface area contributed by atoms with Crippen LogP contribution in [0.2, 0.25) is 15.1 Å². The van der Waals surface area contributed by atoms with Gasteiger partial charge >= 0.3 is 0 Å². The Kier molecular flexibility index (Phi) is 3.70. The Morgan fingerprint density at radius 1 is 1.13 bits per heavy atom. The molecule has 0 aliphatic rings. The van der Waals surface area contributed by atoms with Crippen molar-refractivity contribution in [2.75, 3.05) is 0 Å². The molecule has 1 nitrogen and oxygen atoms in total. The molecule has 1 rings (SSSR count). The molecule has 0 saturated carbocycles. The summed E-state index contributed by atoms with van der Waals surface area (Å²) in [6.45, 7) is 5.46. The SMILES string of the molecule is CC(C)(C)C(=O)c1cc(Cl)cc(Cl)c1Cl. The summed E-state index contributed by atoms with van der Waals surface area (Å²) >= 11 is 17.6. The maximum Gasteiger partial charge on any atom is 0.169 e. The van der Waals surface area contributed by atoms with Crippen molar-refractivity contribution < 1.29 is 4.79 Å². The third-order valence-corrected chi connectivity index (χ3v) is 2.94. The minimum absolute atomic E-state index is 0.0723. The van der Waals surface area contributed by atoms with E-state index < -0.39 is 5.41 Å². The molecule has 0 amide bonds. The van der Waals surface area contributed by atoms with Gasteiger partial charge in [0.15, 0.2) is 5.78 Å². The molecule has 0 atom stereocenters. The fourth-order valence-corrected chi connectivity index (χ4v) is 1.81. The number of carbonyl (C=O) groups excluding carboxylic acids is 1. The number of ketones is 1. The average molecular weight is 266 g/mol. The largest absolute Gasteiger partial charge is 0.294 e. The molecule has 0 radical (unpaired) electrons. The van der Waals surface area contributed by atoms with E-state index in [1.54, 1.807) is 6.07 Å². The van der Waals surface area contributed by atoms with Crippen molar-refractivity contribution >= 4 is 40.6 Å². The third kappa shape index (κ3) is 2.87. The molecular formula is C11H11Cl3O. The Balaban J connectivity index is 3.32. The second-order valence-electron chi connectivity index (χ2n) is 4.33. The molecule has 0 fully saturated rings. The smallest absolute Gasteiger partial charge is 0.169 e. The van der Waals surface area contributed by atoms with Gasteiger partial charge in [-0.15, -0.1) is 0 Å². The molecule has 0 N–H and O–H groups in total. The molecule has 0 unspecified atom stereocenters. The summed E-state index contributed by atoms with van der Waals surface area (Å²) in [6, 6.07) is 3.06. The van der Waals surface area contributed by atoms with E-state index in [0.717, 1.165) is 0 Å². The first-order chi connectivity index (χ1) is 6.73. The predicted octanol–water partition coefficient (Wildman–Crippen LogP) is 4.88. The first-order valence-electron chi connectivity index (χ1n) is 4.43. The zero-order valence-corrected chi connectivity index (χ0v) is 11.0. The highest BCUT2D eigenvalue weighted by Gasteiger charge is 2.26. The molecule has 0 aromatic heterocycles. The van der Waals surface area contributed by atoms with Gasteiger partial charge in [-0.25, -0.2) is 0 Å². The van der Waals surface area contributed by atoms with Crippen molar-refractivity contribution in [2.45, 2.75) is 20.8 Å². The molecular weight excluding hydrogens is 254 g/mol. The van der Waals surface area contributed by atoms with E-state index in [-0.39, 0.29) is 10.8 Å². The number of rotatable bonds is 1. The number of carbonyl (C=O) groups is 1. The standard InChI is InChI=1S/C11H11Cl3O/c1-11(2,3)10(15)7-4-6(12)5-8(13)9(7)14/h4-5H,1-3H3. The number of halogens is 3. The van der Waals surface area contributed by atoms with Gasteiger partial charge in [0.05, 0.1) is 10.0 Å². The van der Waals surface area contributed by atoms with Crippen LogP contribution >= 0.6 is 34.8 Å². The maximum atomic E-state index is 12.0. The van der Waals surface area contributed by atoms with Gasteiger partial charge in [0.2, 0.25) is 0 Å². The van der Waals surface area contributed by atoms with E-state index >= 15 is 0 Å². The van der Waals surface area contributed by atoms with Crippen LogP contribution in [0.4, 0.5) is 0 Å². The summed E-state index contributed by atoms with van der Waals surface area (Å²) in [6.07, 6.45) is 0. The van der Waals surface area contributed by atoms with Crippen LogP contribution in [-0.4, -0.2) is 5.78 Å². The summed E-state index contributed by atoms with van der Waals surface area (Å²) in [5.41, 5.74) is -0.126. The van der Waals surface area contributed by atoms with Gasteiger partial charge in [-0.05, 0) is 12.1 Å². The molecule has 82 valence electrons. The van der Waals surface area contributed by atoms with E-state index in [1.807, 2.05) is 20.8 Å². The lowest BCUT2D eigenvalue weighted by molar-refractivity contribution is 0.0858. The quantitative estimate of drug-likeness (QED) is 0.523. The molecule has 0 heterocycles. The second-order valence-corrected chi connectivity index (χ2v) is 5.55. The number of hydrogen-bond donors (Lipinski definition) is 0. The zero-order chi connectivity index (χ0) is 11.8. The van der Waals surface area contributed by atoms with Crippen LogP contribution in [0.3, 0.4) is 0 Å². The van der Waals surface area contributed by atoms with Crippen molar-refractivity contribution in [1.29, 1.82) is 0 Å². The zero-order valence-electron chi connectivity index (χ0n) is 8.70. The van der Waals surface area contributed by atoms with E-state index in [0.29, 0.717) is 15.6 Å². The fourth-order valence-electron chi connectivity index (χ4n) is 1.13.